The SMILES string of the molecule is N#Cc1cnc2sc(C(=O)Nc3ccc(CN4CCOCC4)cc3)c3c2c1N(c1ccc(Oc2ccccc2)cc1)C(=O)N3. The number of benzene rings is 3. The summed E-state index contributed by atoms with van der Waals surface area (Å²) in [5, 5.41) is 16.3. The largest absolute Gasteiger partial charge is 0.457 e. The first-order chi connectivity index (χ1) is 21.6. The molecule has 2 aliphatic heterocycles. The number of carbonyl (C=O) groups excluding carboxylic acids is 2. The number of amides is 3. The molecule has 0 unspecified atom stereocenters. The minimum atomic E-state index is -0.488. The summed E-state index contributed by atoms with van der Waals surface area (Å²) in [6, 6.07) is 25.8. The van der Waals surface area contributed by atoms with Gasteiger partial charge >= 0.3 is 6.03 Å². The number of carbonyl (C=O) groups is 2. The number of rotatable bonds is 7. The number of hydrogen-bond acceptors (Lipinski definition) is 8. The molecule has 0 aliphatic carbocycles. The molecule has 1 fully saturated rings. The number of aromatic nitrogens is 1. The van der Waals surface area contributed by atoms with Crippen molar-refractivity contribution in [2.75, 3.05) is 41.8 Å². The van der Waals surface area contributed by atoms with Gasteiger partial charge in [-0.2, -0.15) is 5.26 Å². The van der Waals surface area contributed by atoms with E-state index in [0.29, 0.717) is 49.3 Å². The molecule has 0 radical (unpaired) electrons. The average molecular weight is 603 g/mol. The molecule has 0 spiro atoms. The number of pyridine rings is 1. The van der Waals surface area contributed by atoms with E-state index in [2.05, 4.69) is 26.6 Å². The normalized spacial score (nSPS) is 14.6. The molecule has 4 heterocycles. The Hall–Kier alpha value is -5.28. The van der Waals surface area contributed by atoms with Gasteiger partial charge in [-0.3, -0.25) is 14.6 Å². The minimum Gasteiger partial charge on any atom is -0.457 e. The lowest BCUT2D eigenvalue weighted by molar-refractivity contribution is 0.0342. The van der Waals surface area contributed by atoms with Gasteiger partial charge < -0.3 is 20.1 Å². The summed E-state index contributed by atoms with van der Waals surface area (Å²) < 4.78 is 11.3. The van der Waals surface area contributed by atoms with E-state index in [0.717, 1.165) is 38.4 Å². The smallest absolute Gasteiger partial charge is 0.331 e. The molecule has 5 aromatic rings. The van der Waals surface area contributed by atoms with Crippen molar-refractivity contribution in [1.82, 2.24) is 9.88 Å². The molecule has 3 amide bonds. The van der Waals surface area contributed by atoms with E-state index in [1.54, 1.807) is 24.3 Å². The summed E-state index contributed by atoms with van der Waals surface area (Å²) in [5.74, 6) is 0.919. The zero-order chi connectivity index (χ0) is 30.0. The third-order valence-corrected chi connectivity index (χ3v) is 8.57. The number of urea groups is 1. The maximum atomic E-state index is 13.6. The predicted octanol–water partition coefficient (Wildman–Crippen LogP) is 6.73. The molecule has 2 aliphatic rings. The fourth-order valence-corrected chi connectivity index (χ4v) is 6.34. The van der Waals surface area contributed by atoms with Gasteiger partial charge in [-0.15, -0.1) is 11.3 Å². The lowest BCUT2D eigenvalue weighted by Crippen LogP contribution is -2.35. The Kier molecular flexibility index (Phi) is 7.37. The molecule has 44 heavy (non-hydrogen) atoms. The number of ether oxygens (including phenoxy) is 2. The van der Waals surface area contributed by atoms with Crippen LogP contribution in [0.2, 0.25) is 0 Å². The minimum absolute atomic E-state index is 0.221. The highest BCUT2D eigenvalue weighted by molar-refractivity contribution is 7.21. The van der Waals surface area contributed by atoms with Crippen LogP contribution in [-0.4, -0.2) is 48.1 Å². The van der Waals surface area contributed by atoms with Crippen LogP contribution in [0.5, 0.6) is 11.5 Å². The highest BCUT2D eigenvalue weighted by atomic mass is 32.1. The molecule has 0 saturated carbocycles. The van der Waals surface area contributed by atoms with Crippen LogP contribution < -0.4 is 20.3 Å². The van der Waals surface area contributed by atoms with Gasteiger partial charge in [0.2, 0.25) is 0 Å². The maximum absolute atomic E-state index is 13.6. The molecule has 3 aromatic carbocycles. The van der Waals surface area contributed by atoms with Crippen LogP contribution in [0.4, 0.5) is 27.5 Å². The Bertz CT molecular complexity index is 1900. The Morgan fingerprint density at radius 2 is 1.75 bits per heavy atom. The summed E-state index contributed by atoms with van der Waals surface area (Å²) in [6.07, 6.45) is 1.44. The molecule has 11 heteroatoms. The zero-order valence-corrected chi connectivity index (χ0v) is 24.3. The zero-order valence-electron chi connectivity index (χ0n) is 23.4. The van der Waals surface area contributed by atoms with E-state index in [9.17, 15) is 14.9 Å². The predicted molar refractivity (Wildman–Crippen MR) is 169 cm³/mol. The summed E-state index contributed by atoms with van der Waals surface area (Å²) in [7, 11) is 0. The number of nitrogens with one attached hydrogen (secondary N) is 2. The van der Waals surface area contributed by atoms with Crippen LogP contribution in [0.15, 0.2) is 85.1 Å². The van der Waals surface area contributed by atoms with Crippen molar-refractivity contribution < 1.29 is 19.1 Å². The Morgan fingerprint density at radius 1 is 1.02 bits per heavy atom. The van der Waals surface area contributed by atoms with Crippen molar-refractivity contribution in [2.24, 2.45) is 0 Å². The summed E-state index contributed by atoms with van der Waals surface area (Å²) in [5.41, 5.74) is 3.27. The van der Waals surface area contributed by atoms with Crippen molar-refractivity contribution >= 4 is 56.2 Å². The first kappa shape index (κ1) is 27.5. The number of anilines is 4. The van der Waals surface area contributed by atoms with Gasteiger partial charge in [0, 0.05) is 31.5 Å². The number of morpholine rings is 1. The van der Waals surface area contributed by atoms with Crippen LogP contribution in [0.25, 0.3) is 10.2 Å². The number of hydrogen-bond donors (Lipinski definition) is 2. The summed E-state index contributed by atoms with van der Waals surface area (Å²) in [4.78, 5) is 36.2. The van der Waals surface area contributed by atoms with Gasteiger partial charge in [-0.25, -0.2) is 9.78 Å². The Balaban J connectivity index is 1.16. The highest BCUT2D eigenvalue weighted by Crippen LogP contribution is 2.47. The first-order valence-electron chi connectivity index (χ1n) is 14.1. The van der Waals surface area contributed by atoms with Gasteiger partial charge in [0.1, 0.15) is 27.3 Å². The second kappa shape index (κ2) is 11.8. The van der Waals surface area contributed by atoms with Crippen molar-refractivity contribution in [3.63, 3.8) is 0 Å². The van der Waals surface area contributed by atoms with Crippen molar-refractivity contribution in [2.45, 2.75) is 6.54 Å². The molecule has 2 N–H and O–H groups in total. The molecule has 10 nitrogen and oxygen atoms in total. The van der Waals surface area contributed by atoms with Gasteiger partial charge in [-0.05, 0) is 54.1 Å². The van der Waals surface area contributed by atoms with Gasteiger partial charge in [0.05, 0.1) is 41.2 Å². The third kappa shape index (κ3) is 5.33. The number of nitriles is 1. The standard InChI is InChI=1S/C33H26N6O4S/c34-18-22-19-35-32-27-28(30(44-32)31(40)36-23-8-6-21(7-9-23)20-38-14-16-42-17-15-38)37-33(41)39(29(22)27)24-10-12-26(13-11-24)43-25-4-2-1-3-5-25/h1-13,19H,14-17,20H2,(H,36,40)(H,37,41). The summed E-state index contributed by atoms with van der Waals surface area (Å²) in [6.45, 7) is 4.09. The number of para-hydroxylation sites is 1. The molecular weight excluding hydrogens is 576 g/mol. The Labute approximate surface area is 257 Å². The van der Waals surface area contributed by atoms with Gasteiger partial charge in [-0.1, -0.05) is 30.3 Å². The van der Waals surface area contributed by atoms with E-state index in [1.807, 2.05) is 54.6 Å². The number of thiophene rings is 1. The molecule has 0 atom stereocenters. The van der Waals surface area contributed by atoms with Crippen LogP contribution in [0.1, 0.15) is 20.8 Å². The molecule has 218 valence electrons. The van der Waals surface area contributed by atoms with Crippen LogP contribution in [-0.2, 0) is 11.3 Å². The van der Waals surface area contributed by atoms with Crippen molar-refractivity contribution in [1.29, 1.82) is 5.26 Å². The van der Waals surface area contributed by atoms with Gasteiger partial charge in [0.15, 0.2) is 0 Å². The van der Waals surface area contributed by atoms with Crippen LogP contribution in [0.3, 0.4) is 0 Å². The quantitative estimate of drug-likeness (QED) is 0.212. The second-order valence-corrected chi connectivity index (χ2v) is 11.3. The monoisotopic (exact) mass is 602 g/mol. The lowest BCUT2D eigenvalue weighted by Gasteiger charge is -2.29. The van der Waals surface area contributed by atoms with Crippen molar-refractivity contribution in [3.05, 3.63) is 101 Å². The van der Waals surface area contributed by atoms with Gasteiger partial charge in [0.25, 0.3) is 5.91 Å². The topological polar surface area (TPSA) is 120 Å². The fraction of sp³-hybridized carbons (Fsp3) is 0.152. The average Bonchev–Trinajstić information content (AvgIpc) is 3.43. The molecule has 0 bridgehead atoms. The fourth-order valence-electron chi connectivity index (χ4n) is 5.34. The molecule has 2 aromatic heterocycles. The van der Waals surface area contributed by atoms with E-state index >= 15 is 0 Å². The Morgan fingerprint density at radius 3 is 2.48 bits per heavy atom. The highest BCUT2D eigenvalue weighted by Gasteiger charge is 2.35. The van der Waals surface area contributed by atoms with Crippen molar-refractivity contribution in [3.8, 4) is 17.6 Å². The lowest BCUT2D eigenvalue weighted by atomic mass is 10.1. The van der Waals surface area contributed by atoms with Crippen LogP contribution in [0, 0.1) is 11.3 Å². The molecule has 1 saturated heterocycles. The summed E-state index contributed by atoms with van der Waals surface area (Å²) >= 11 is 1.17. The van der Waals surface area contributed by atoms with E-state index in [4.69, 9.17) is 9.47 Å². The molecular formula is C33H26N6O4S. The van der Waals surface area contributed by atoms with E-state index in [-0.39, 0.29) is 11.5 Å². The first-order valence-corrected chi connectivity index (χ1v) is 14.9. The van der Waals surface area contributed by atoms with Crippen LogP contribution >= 0.6 is 11.3 Å². The number of nitrogens with zero attached hydrogens (tertiary/aromatic N) is 4. The van der Waals surface area contributed by atoms with E-state index < -0.39 is 6.03 Å². The second-order valence-electron chi connectivity index (χ2n) is 10.3. The molecule has 7 rings (SSSR count). The third-order valence-electron chi connectivity index (χ3n) is 7.47. The van der Waals surface area contributed by atoms with E-state index in [1.165, 1.54) is 22.4 Å². The maximum Gasteiger partial charge on any atom is 0.331 e.